The van der Waals surface area contributed by atoms with Crippen molar-refractivity contribution in [3.8, 4) is 0 Å². The number of nitrogens with zero attached hydrogens (tertiary/aromatic N) is 2. The molecule has 0 aromatic carbocycles. The van der Waals surface area contributed by atoms with Gasteiger partial charge >= 0.3 is 0 Å². The van der Waals surface area contributed by atoms with E-state index < -0.39 is 0 Å². The third-order valence-corrected chi connectivity index (χ3v) is 3.56. The summed E-state index contributed by atoms with van der Waals surface area (Å²) in [7, 11) is 0. The van der Waals surface area contributed by atoms with Crippen molar-refractivity contribution >= 4 is 21.6 Å². The molecule has 0 amide bonds. The number of hydrogen-bond acceptors (Lipinski definition) is 3. The van der Waals surface area contributed by atoms with Crippen LogP contribution in [0.5, 0.6) is 0 Å². The van der Waals surface area contributed by atoms with Crippen molar-refractivity contribution in [3.63, 3.8) is 0 Å². The van der Waals surface area contributed by atoms with Gasteiger partial charge < -0.3 is 0 Å². The Labute approximate surface area is 101 Å². The van der Waals surface area contributed by atoms with Gasteiger partial charge in [0, 0.05) is 12.1 Å². The fourth-order valence-electron chi connectivity index (χ4n) is 1.65. The Morgan fingerprint density at radius 2 is 1.94 bits per heavy atom. The Morgan fingerprint density at radius 3 is 2.50 bits per heavy atom. The molecule has 2 aromatic rings. The summed E-state index contributed by atoms with van der Waals surface area (Å²) in [6.07, 6.45) is 1.96. The van der Waals surface area contributed by atoms with Crippen molar-refractivity contribution in [3.05, 3.63) is 23.0 Å². The minimum atomic E-state index is 0.154. The molecule has 2 aromatic heterocycles. The van der Waals surface area contributed by atoms with Gasteiger partial charge in [-0.25, -0.2) is 9.97 Å². The first-order chi connectivity index (χ1) is 7.39. The maximum atomic E-state index is 4.70. The fraction of sp³-hybridized carbons (Fsp3) is 0.538. The molecule has 0 radical (unpaired) electrons. The minimum absolute atomic E-state index is 0.154. The number of rotatable bonds is 1. The summed E-state index contributed by atoms with van der Waals surface area (Å²) in [4.78, 5) is 9.10. The third kappa shape index (κ3) is 1.96. The number of thiophene rings is 1. The van der Waals surface area contributed by atoms with E-state index in [0.717, 1.165) is 11.3 Å². The molecule has 0 bridgehead atoms. The van der Waals surface area contributed by atoms with E-state index in [-0.39, 0.29) is 5.41 Å². The fourth-order valence-corrected chi connectivity index (χ4v) is 2.74. The molecular weight excluding hydrogens is 216 g/mol. The quantitative estimate of drug-likeness (QED) is 0.742. The molecule has 0 spiro atoms. The van der Waals surface area contributed by atoms with Crippen LogP contribution in [0, 0.1) is 0 Å². The molecule has 2 rings (SSSR count). The first-order valence-electron chi connectivity index (χ1n) is 5.64. The maximum absolute atomic E-state index is 4.70. The molecule has 0 unspecified atom stereocenters. The van der Waals surface area contributed by atoms with E-state index in [0.29, 0.717) is 5.92 Å². The predicted octanol–water partition coefficient (Wildman–Crippen LogP) is 4.11. The summed E-state index contributed by atoms with van der Waals surface area (Å²) in [5, 5.41) is 2.21. The van der Waals surface area contributed by atoms with Crippen LogP contribution < -0.4 is 0 Å². The smallest absolute Gasteiger partial charge is 0.131 e. The van der Waals surface area contributed by atoms with Gasteiger partial charge in [0.05, 0.1) is 10.2 Å². The zero-order valence-electron chi connectivity index (χ0n) is 10.5. The summed E-state index contributed by atoms with van der Waals surface area (Å²) in [5.41, 5.74) is 2.62. The van der Waals surface area contributed by atoms with Gasteiger partial charge in [-0.05, 0) is 16.4 Å². The second-order valence-corrected chi connectivity index (χ2v) is 6.41. The molecule has 2 nitrogen and oxygen atoms in total. The third-order valence-electron chi connectivity index (χ3n) is 2.66. The molecule has 3 heteroatoms. The highest BCUT2D eigenvalue weighted by molar-refractivity contribution is 7.17. The van der Waals surface area contributed by atoms with Gasteiger partial charge in [0.25, 0.3) is 0 Å². The zero-order chi connectivity index (χ0) is 11.9. The summed E-state index contributed by atoms with van der Waals surface area (Å²) >= 11 is 1.74. The Kier molecular flexibility index (Phi) is 2.74. The number of hydrogen-bond donors (Lipinski definition) is 0. The number of fused-ring (bicyclic) bond motifs is 1. The van der Waals surface area contributed by atoms with Crippen molar-refractivity contribution in [2.24, 2.45) is 0 Å². The van der Waals surface area contributed by atoms with Gasteiger partial charge in [0.2, 0.25) is 0 Å². The molecule has 0 saturated carbocycles. The maximum Gasteiger partial charge on any atom is 0.131 e. The van der Waals surface area contributed by atoms with Crippen molar-refractivity contribution < 1.29 is 0 Å². The zero-order valence-corrected chi connectivity index (χ0v) is 11.4. The van der Waals surface area contributed by atoms with Crippen LogP contribution in [0.4, 0.5) is 0 Å². The largest absolute Gasteiger partial charge is 0.240 e. The Morgan fingerprint density at radius 1 is 1.25 bits per heavy atom. The first kappa shape index (κ1) is 11.5. The lowest BCUT2D eigenvalue weighted by atomic mass is 9.88. The van der Waals surface area contributed by atoms with Gasteiger partial charge in [0.15, 0.2) is 0 Å². The highest BCUT2D eigenvalue weighted by Crippen LogP contribution is 2.33. The lowest BCUT2D eigenvalue weighted by Crippen LogP contribution is -2.11. The van der Waals surface area contributed by atoms with Crippen LogP contribution in [0.2, 0.25) is 0 Å². The minimum Gasteiger partial charge on any atom is -0.240 e. The van der Waals surface area contributed by atoms with Crippen LogP contribution in [0.3, 0.4) is 0 Å². The lowest BCUT2D eigenvalue weighted by Gasteiger charge is -2.17. The average molecular weight is 234 g/mol. The normalized spacial score (nSPS) is 12.6. The molecule has 86 valence electrons. The topological polar surface area (TPSA) is 25.8 Å². The molecule has 0 fully saturated rings. The molecule has 2 heterocycles. The highest BCUT2D eigenvalue weighted by Gasteiger charge is 2.20. The first-order valence-corrected chi connectivity index (χ1v) is 6.52. The van der Waals surface area contributed by atoms with Gasteiger partial charge in [-0.15, -0.1) is 11.3 Å². The van der Waals surface area contributed by atoms with E-state index in [1.54, 1.807) is 11.3 Å². The van der Waals surface area contributed by atoms with E-state index in [1.165, 1.54) is 10.3 Å². The predicted molar refractivity (Wildman–Crippen MR) is 70.2 cm³/mol. The summed E-state index contributed by atoms with van der Waals surface area (Å²) in [5.74, 6) is 1.33. The standard InChI is InChI=1S/C13H18N2S/c1-8(2)12-14-6-10-11(15-12)9(7-16-10)13(3,4)5/h6-8H,1-5H3. The average Bonchev–Trinajstić information content (AvgIpc) is 2.58. The van der Waals surface area contributed by atoms with Gasteiger partial charge in [-0.3, -0.25) is 0 Å². The van der Waals surface area contributed by atoms with Gasteiger partial charge in [-0.2, -0.15) is 0 Å². The summed E-state index contributed by atoms with van der Waals surface area (Å²) in [6.45, 7) is 10.9. The molecule has 0 aliphatic rings. The van der Waals surface area contributed by atoms with Crippen LogP contribution >= 0.6 is 11.3 Å². The Hall–Kier alpha value is -0.960. The van der Waals surface area contributed by atoms with Crippen molar-refractivity contribution in [1.82, 2.24) is 9.97 Å². The van der Waals surface area contributed by atoms with Gasteiger partial charge in [0.1, 0.15) is 5.82 Å². The van der Waals surface area contributed by atoms with E-state index in [9.17, 15) is 0 Å². The van der Waals surface area contributed by atoms with Crippen molar-refractivity contribution in [2.75, 3.05) is 0 Å². The molecule has 0 saturated heterocycles. The van der Waals surface area contributed by atoms with Crippen molar-refractivity contribution in [1.29, 1.82) is 0 Å². The molecule has 0 N–H and O–H groups in total. The summed E-state index contributed by atoms with van der Waals surface area (Å²) < 4.78 is 1.19. The Bertz CT molecular complexity index is 506. The second kappa shape index (κ2) is 3.81. The molecule has 16 heavy (non-hydrogen) atoms. The molecule has 0 aliphatic carbocycles. The van der Waals surface area contributed by atoms with E-state index >= 15 is 0 Å². The van der Waals surface area contributed by atoms with Gasteiger partial charge in [-0.1, -0.05) is 34.6 Å². The molecule has 0 atom stereocenters. The highest BCUT2D eigenvalue weighted by atomic mass is 32.1. The van der Waals surface area contributed by atoms with Crippen LogP contribution in [-0.2, 0) is 5.41 Å². The number of aromatic nitrogens is 2. The van der Waals surface area contributed by atoms with Crippen LogP contribution in [0.1, 0.15) is 51.9 Å². The monoisotopic (exact) mass is 234 g/mol. The summed E-state index contributed by atoms with van der Waals surface area (Å²) in [6, 6.07) is 0. The van der Waals surface area contributed by atoms with Crippen LogP contribution in [0.25, 0.3) is 10.2 Å². The van der Waals surface area contributed by atoms with Crippen LogP contribution in [-0.4, -0.2) is 9.97 Å². The van der Waals surface area contributed by atoms with Crippen molar-refractivity contribution in [2.45, 2.75) is 46.0 Å². The van der Waals surface area contributed by atoms with E-state index in [2.05, 4.69) is 45.0 Å². The molecular formula is C13H18N2S. The van der Waals surface area contributed by atoms with Crippen LogP contribution in [0.15, 0.2) is 11.6 Å². The SMILES string of the molecule is CC(C)c1ncc2scc(C(C)(C)C)c2n1. The second-order valence-electron chi connectivity index (χ2n) is 5.50. The Balaban J connectivity index is 2.65. The van der Waals surface area contributed by atoms with E-state index in [1.807, 2.05) is 6.20 Å². The van der Waals surface area contributed by atoms with E-state index in [4.69, 9.17) is 4.98 Å². The molecule has 0 aliphatic heterocycles. The lowest BCUT2D eigenvalue weighted by molar-refractivity contribution is 0.596.